The van der Waals surface area contributed by atoms with Gasteiger partial charge in [0.25, 0.3) is 5.91 Å². The number of nitrogens with zero attached hydrogens (tertiary/aromatic N) is 2. The number of likely N-dealkylation sites (tertiary alicyclic amines) is 1. The topological polar surface area (TPSA) is 52.9 Å². The van der Waals surface area contributed by atoms with Crippen molar-refractivity contribution in [2.45, 2.75) is 33.3 Å². The predicted molar refractivity (Wildman–Crippen MR) is 142 cm³/mol. The monoisotopic (exact) mass is 460 g/mol. The zero-order valence-corrected chi connectivity index (χ0v) is 20.5. The maximum Gasteiger partial charge on any atom is 0.260 e. The number of rotatable bonds is 8. The minimum Gasteiger partial charge on any atom is -0.391 e. The molecular weight excluding hydrogens is 428 g/mol. The second-order valence-electron chi connectivity index (χ2n) is 8.12. The van der Waals surface area contributed by atoms with E-state index in [4.69, 9.17) is 0 Å². The van der Waals surface area contributed by atoms with E-state index in [1.807, 2.05) is 20.1 Å². The van der Waals surface area contributed by atoms with Gasteiger partial charge >= 0.3 is 0 Å². The fourth-order valence-electron chi connectivity index (χ4n) is 3.89. The third-order valence-electron chi connectivity index (χ3n) is 5.72. The van der Waals surface area contributed by atoms with Gasteiger partial charge in [-0.3, -0.25) is 9.79 Å². The highest BCUT2D eigenvalue weighted by atomic mass is 32.2. The molecule has 33 heavy (non-hydrogen) atoms. The number of benzene rings is 2. The molecule has 1 aliphatic rings. The summed E-state index contributed by atoms with van der Waals surface area (Å²) in [6.45, 7) is 16.0. The number of hydrogen-bond donors (Lipinski definition) is 1. The van der Waals surface area contributed by atoms with Crippen LogP contribution in [-0.2, 0) is 4.79 Å². The number of aliphatic hydroxyl groups is 1. The lowest BCUT2D eigenvalue weighted by Crippen LogP contribution is -2.29. The van der Waals surface area contributed by atoms with E-state index in [-0.39, 0.29) is 5.91 Å². The molecule has 172 valence electrons. The summed E-state index contributed by atoms with van der Waals surface area (Å²) in [7, 11) is 0. The summed E-state index contributed by atoms with van der Waals surface area (Å²) in [5, 5.41) is 9.69. The van der Waals surface area contributed by atoms with Gasteiger partial charge in [0.05, 0.1) is 11.0 Å². The summed E-state index contributed by atoms with van der Waals surface area (Å²) in [4.78, 5) is 19.9. The molecule has 0 aromatic heterocycles. The Morgan fingerprint density at radius 1 is 1.24 bits per heavy atom. The highest BCUT2D eigenvalue weighted by Gasteiger charge is 2.26. The summed E-state index contributed by atoms with van der Waals surface area (Å²) in [5.41, 5.74) is 6.59. The van der Waals surface area contributed by atoms with Crippen LogP contribution in [0.1, 0.15) is 37.0 Å². The number of carbonyl (C=O) groups excluding carboxylic acids is 1. The summed E-state index contributed by atoms with van der Waals surface area (Å²) < 4.78 is 0. The average molecular weight is 461 g/mol. The molecule has 0 unspecified atom stereocenters. The molecule has 4 nitrogen and oxygen atoms in total. The van der Waals surface area contributed by atoms with Gasteiger partial charge in [-0.2, -0.15) is 0 Å². The molecule has 2 aromatic rings. The first-order valence-corrected chi connectivity index (χ1v) is 12.1. The van der Waals surface area contributed by atoms with E-state index < -0.39 is 6.10 Å². The standard InChI is InChI=1S/C28H32N2O2S/c1-6-22(17-29-7-2)23-9-8-10-24(16-23)25-11-12-27(19(3)15-25)20(4)33-21(5)28(32)30-14-13-26(31)18-30/h6,8-12,15-17,26,31H,4-5,7,13-14,18H2,1-3H3/b22-6+,29-17?/t26-/m0/s1. The lowest BCUT2D eigenvalue weighted by molar-refractivity contribution is -0.125. The third kappa shape index (κ3) is 6.12. The van der Waals surface area contributed by atoms with Gasteiger partial charge in [0, 0.05) is 30.8 Å². The van der Waals surface area contributed by atoms with Crippen molar-refractivity contribution in [2.75, 3.05) is 19.6 Å². The Morgan fingerprint density at radius 3 is 2.64 bits per heavy atom. The number of aliphatic hydroxyl groups excluding tert-OH is 1. The first-order valence-electron chi connectivity index (χ1n) is 11.2. The number of β-amino-alcohol motifs (C(OH)–C–C–N with tert-alkyl or cyclic N) is 1. The quantitative estimate of drug-likeness (QED) is 0.390. The predicted octanol–water partition coefficient (Wildman–Crippen LogP) is 5.97. The van der Waals surface area contributed by atoms with Crippen molar-refractivity contribution < 1.29 is 9.90 Å². The molecule has 2 aromatic carbocycles. The van der Waals surface area contributed by atoms with Crippen molar-refractivity contribution >= 4 is 34.4 Å². The largest absolute Gasteiger partial charge is 0.391 e. The fraction of sp³-hybridized carbons (Fsp3) is 0.286. The number of aliphatic imine (C=N–C) groups is 1. The molecule has 1 atom stereocenters. The zero-order valence-electron chi connectivity index (χ0n) is 19.7. The highest BCUT2D eigenvalue weighted by Crippen LogP contribution is 2.36. The summed E-state index contributed by atoms with van der Waals surface area (Å²) >= 11 is 1.30. The van der Waals surface area contributed by atoms with Crippen LogP contribution in [0.2, 0.25) is 0 Å². The van der Waals surface area contributed by atoms with Crippen molar-refractivity contribution in [3.05, 3.63) is 83.3 Å². The second kappa shape index (κ2) is 11.3. The van der Waals surface area contributed by atoms with Gasteiger partial charge in [-0.1, -0.05) is 67.4 Å². The van der Waals surface area contributed by atoms with Crippen LogP contribution in [-0.4, -0.2) is 47.9 Å². The zero-order chi connectivity index (χ0) is 24.0. The Morgan fingerprint density at radius 2 is 2.00 bits per heavy atom. The van der Waals surface area contributed by atoms with Crippen molar-refractivity contribution in [2.24, 2.45) is 4.99 Å². The van der Waals surface area contributed by atoms with Gasteiger partial charge < -0.3 is 10.0 Å². The maximum absolute atomic E-state index is 12.6. The van der Waals surface area contributed by atoms with Gasteiger partial charge in [-0.05, 0) is 66.6 Å². The molecule has 0 saturated carbocycles. The first kappa shape index (κ1) is 24.7. The first-order chi connectivity index (χ1) is 15.8. The van der Waals surface area contributed by atoms with Crippen LogP contribution in [0.15, 0.2) is 71.6 Å². The molecular formula is C28H32N2O2S. The summed E-state index contributed by atoms with van der Waals surface area (Å²) in [6.07, 6.45) is 4.18. The van der Waals surface area contributed by atoms with E-state index in [0.29, 0.717) is 24.4 Å². The minimum atomic E-state index is -0.439. The fourth-order valence-corrected chi connectivity index (χ4v) is 4.74. The molecule has 0 radical (unpaired) electrons. The van der Waals surface area contributed by atoms with Crippen LogP contribution in [0.5, 0.6) is 0 Å². The van der Waals surface area contributed by atoms with Crippen LogP contribution in [0.3, 0.4) is 0 Å². The van der Waals surface area contributed by atoms with Gasteiger partial charge in [-0.15, -0.1) is 0 Å². The van der Waals surface area contributed by atoms with Crippen LogP contribution < -0.4 is 0 Å². The van der Waals surface area contributed by atoms with Gasteiger partial charge in [0.1, 0.15) is 0 Å². The van der Waals surface area contributed by atoms with Crippen LogP contribution in [0.25, 0.3) is 21.6 Å². The van der Waals surface area contributed by atoms with Crippen LogP contribution >= 0.6 is 11.8 Å². The molecule has 5 heteroatoms. The highest BCUT2D eigenvalue weighted by molar-refractivity contribution is 8.12. The Kier molecular flexibility index (Phi) is 8.48. The summed E-state index contributed by atoms with van der Waals surface area (Å²) in [5.74, 6) is -0.129. The van der Waals surface area contributed by atoms with Crippen molar-refractivity contribution in [1.29, 1.82) is 0 Å². The maximum atomic E-state index is 12.6. The van der Waals surface area contributed by atoms with E-state index in [1.54, 1.807) is 4.90 Å². The molecule has 1 N–H and O–H groups in total. The van der Waals surface area contributed by atoms with E-state index in [9.17, 15) is 9.90 Å². The Labute approximate surface area is 201 Å². The third-order valence-corrected chi connectivity index (χ3v) is 6.60. The number of aryl methyl sites for hydroxylation is 1. The Bertz CT molecular complexity index is 1120. The lowest BCUT2D eigenvalue weighted by Gasteiger charge is -2.18. The second-order valence-corrected chi connectivity index (χ2v) is 9.31. The lowest BCUT2D eigenvalue weighted by atomic mass is 9.96. The Hall–Kier alpha value is -2.89. The number of thioether (sulfide) groups is 1. The van der Waals surface area contributed by atoms with Crippen molar-refractivity contribution in [1.82, 2.24) is 4.90 Å². The molecule has 0 spiro atoms. The molecule has 1 heterocycles. The number of amides is 1. The molecule has 1 fully saturated rings. The van der Waals surface area contributed by atoms with Crippen LogP contribution in [0, 0.1) is 6.92 Å². The summed E-state index contributed by atoms with van der Waals surface area (Å²) in [6, 6.07) is 14.7. The van der Waals surface area contributed by atoms with E-state index >= 15 is 0 Å². The molecule has 0 bridgehead atoms. The number of allylic oxidation sites excluding steroid dienone is 2. The molecule has 1 saturated heterocycles. The van der Waals surface area contributed by atoms with Gasteiger partial charge in [-0.25, -0.2) is 0 Å². The normalized spacial score (nSPS) is 16.4. The number of hydrogen-bond acceptors (Lipinski definition) is 4. The average Bonchev–Trinajstić information content (AvgIpc) is 3.25. The van der Waals surface area contributed by atoms with Crippen molar-refractivity contribution in [3.8, 4) is 11.1 Å². The SMILES string of the molecule is C=C(SC(=C)c1ccc(-c2cccc(/C(C=NCC)=C/C)c2)cc1C)C(=O)N1CC[C@H](O)C1. The molecule has 1 amide bonds. The van der Waals surface area contributed by atoms with E-state index in [2.05, 4.69) is 73.6 Å². The smallest absolute Gasteiger partial charge is 0.260 e. The molecule has 0 aliphatic carbocycles. The van der Waals surface area contributed by atoms with Gasteiger partial charge in [0.15, 0.2) is 0 Å². The van der Waals surface area contributed by atoms with E-state index in [0.717, 1.165) is 44.8 Å². The number of carbonyl (C=O) groups is 1. The van der Waals surface area contributed by atoms with Gasteiger partial charge in [0.2, 0.25) is 0 Å². The Balaban J connectivity index is 1.75. The minimum absolute atomic E-state index is 0.129. The molecule has 3 rings (SSSR count). The molecule has 1 aliphatic heterocycles. The van der Waals surface area contributed by atoms with Crippen molar-refractivity contribution in [3.63, 3.8) is 0 Å². The van der Waals surface area contributed by atoms with Crippen LogP contribution in [0.4, 0.5) is 0 Å². The van der Waals surface area contributed by atoms with E-state index in [1.165, 1.54) is 11.8 Å².